The van der Waals surface area contributed by atoms with Crippen molar-refractivity contribution in [1.82, 2.24) is 20.5 Å². The Morgan fingerprint density at radius 3 is 2.68 bits per heavy atom. The Morgan fingerprint density at radius 1 is 1.24 bits per heavy atom. The smallest absolute Gasteiger partial charge is 0.271 e. The Hall–Kier alpha value is -3.05. The number of piperidine rings is 1. The summed E-state index contributed by atoms with van der Waals surface area (Å²) in [6.45, 7) is 4.49. The van der Waals surface area contributed by atoms with E-state index in [9.17, 15) is 19.6 Å². The van der Waals surface area contributed by atoms with Gasteiger partial charge in [0.1, 0.15) is 17.8 Å². The summed E-state index contributed by atoms with van der Waals surface area (Å²) in [5.74, 6) is -0.956. The van der Waals surface area contributed by atoms with Crippen molar-refractivity contribution >= 4 is 40.2 Å². The first kappa shape index (κ1) is 26.6. The molecule has 8 nitrogen and oxygen atoms in total. The number of halogens is 1. The molecule has 1 aromatic carbocycles. The minimum atomic E-state index is -0.800. The molecule has 9 heteroatoms. The predicted molar refractivity (Wildman–Crippen MR) is 145 cm³/mol. The summed E-state index contributed by atoms with van der Waals surface area (Å²) in [5, 5.41) is 17.1. The van der Waals surface area contributed by atoms with Gasteiger partial charge in [-0.1, -0.05) is 43.0 Å². The number of H-pyrrole nitrogens is 1. The number of benzene rings is 1. The van der Waals surface area contributed by atoms with Crippen molar-refractivity contribution in [3.8, 4) is 6.07 Å². The number of aromatic nitrogens is 1. The summed E-state index contributed by atoms with van der Waals surface area (Å²) >= 11 is 6.33. The summed E-state index contributed by atoms with van der Waals surface area (Å²) in [6, 6.07) is 8.00. The molecule has 1 aliphatic carbocycles. The Labute approximate surface area is 228 Å². The van der Waals surface area contributed by atoms with Crippen LogP contribution >= 0.6 is 11.6 Å². The van der Waals surface area contributed by atoms with Gasteiger partial charge in [-0.2, -0.15) is 5.26 Å². The SMILES string of the molecule is CC1(C)CC[C@@H](C[C@@H](C#N)NC(=O)[C@H]2CC3(CCCCC3)CN2C(=O)c2cc3cccc(Cl)c3[nH]2)C(=O)N1. The number of likely N-dealkylation sites (tertiary alicyclic amines) is 1. The molecule has 3 aliphatic rings. The summed E-state index contributed by atoms with van der Waals surface area (Å²) in [5.41, 5.74) is 0.752. The van der Waals surface area contributed by atoms with E-state index in [-0.39, 0.29) is 41.0 Å². The molecule has 3 heterocycles. The minimum absolute atomic E-state index is 0.0768. The average molecular weight is 538 g/mol. The average Bonchev–Trinajstić information content (AvgIpc) is 3.48. The van der Waals surface area contributed by atoms with Gasteiger partial charge in [0.2, 0.25) is 11.8 Å². The van der Waals surface area contributed by atoms with Crippen LogP contribution in [0.3, 0.4) is 0 Å². The maximum Gasteiger partial charge on any atom is 0.271 e. The molecule has 3 fully saturated rings. The summed E-state index contributed by atoms with van der Waals surface area (Å²) in [6.07, 6.45) is 7.66. The second kappa shape index (κ2) is 10.3. The van der Waals surface area contributed by atoms with Crippen LogP contribution in [-0.4, -0.2) is 51.8 Å². The van der Waals surface area contributed by atoms with Gasteiger partial charge >= 0.3 is 0 Å². The molecular formula is C29H36ClN5O3. The Balaban J connectivity index is 1.35. The molecule has 3 amide bonds. The molecule has 2 aromatic rings. The van der Waals surface area contributed by atoms with Crippen molar-refractivity contribution in [2.24, 2.45) is 11.3 Å². The van der Waals surface area contributed by atoms with Gasteiger partial charge in [0.05, 0.1) is 16.6 Å². The molecule has 2 aliphatic heterocycles. The lowest BCUT2D eigenvalue weighted by Gasteiger charge is -2.35. The lowest BCUT2D eigenvalue weighted by Crippen LogP contribution is -2.53. The fourth-order valence-corrected chi connectivity index (χ4v) is 6.87. The number of fused-ring (bicyclic) bond motifs is 1. The van der Waals surface area contributed by atoms with E-state index in [1.165, 1.54) is 6.42 Å². The molecule has 2 saturated heterocycles. The highest BCUT2D eigenvalue weighted by Gasteiger charge is 2.49. The van der Waals surface area contributed by atoms with Crippen molar-refractivity contribution in [2.75, 3.05) is 6.54 Å². The van der Waals surface area contributed by atoms with Gasteiger partial charge in [-0.25, -0.2) is 0 Å². The van der Waals surface area contributed by atoms with E-state index in [4.69, 9.17) is 11.6 Å². The molecule has 1 aromatic heterocycles. The van der Waals surface area contributed by atoms with Gasteiger partial charge in [-0.15, -0.1) is 0 Å². The zero-order chi connectivity index (χ0) is 27.1. The van der Waals surface area contributed by atoms with E-state index < -0.39 is 12.1 Å². The summed E-state index contributed by atoms with van der Waals surface area (Å²) in [4.78, 5) is 44.9. The molecule has 0 radical (unpaired) electrons. The van der Waals surface area contributed by atoms with E-state index in [1.54, 1.807) is 17.0 Å². The lowest BCUT2D eigenvalue weighted by molar-refractivity contribution is -0.130. The van der Waals surface area contributed by atoms with Crippen molar-refractivity contribution < 1.29 is 14.4 Å². The first-order chi connectivity index (χ1) is 18.1. The monoisotopic (exact) mass is 537 g/mol. The number of nitrogens with zero attached hydrogens (tertiary/aromatic N) is 2. The van der Waals surface area contributed by atoms with Crippen LogP contribution < -0.4 is 10.6 Å². The molecular weight excluding hydrogens is 502 g/mol. The predicted octanol–water partition coefficient (Wildman–Crippen LogP) is 4.69. The van der Waals surface area contributed by atoms with E-state index in [2.05, 4.69) is 21.7 Å². The molecule has 5 rings (SSSR count). The normalized spacial score (nSPS) is 25.1. The van der Waals surface area contributed by atoms with Crippen LogP contribution in [0.25, 0.3) is 10.9 Å². The third-order valence-electron chi connectivity index (χ3n) is 8.76. The third kappa shape index (κ3) is 5.26. The standard InChI is InChI=1S/C29H36ClN5O3/c1-28(2)12-9-19(25(36)34-28)13-20(16-31)32-26(37)23-15-29(10-4-3-5-11-29)17-35(23)27(38)22-14-18-7-6-8-21(30)24(18)33-22/h6-8,14,19-20,23,33H,3-5,9-13,15,17H2,1-2H3,(H,32,37)(H,34,36)/t19-,20-,23+/m0/s1. The number of nitrogens with one attached hydrogen (secondary N) is 3. The van der Waals surface area contributed by atoms with Crippen molar-refractivity contribution in [2.45, 2.75) is 89.3 Å². The lowest BCUT2D eigenvalue weighted by atomic mass is 9.72. The number of nitriles is 1. The topological polar surface area (TPSA) is 118 Å². The zero-order valence-corrected chi connectivity index (χ0v) is 22.9. The van der Waals surface area contributed by atoms with Crippen LogP contribution in [0, 0.1) is 22.7 Å². The van der Waals surface area contributed by atoms with Crippen LogP contribution in [0.2, 0.25) is 5.02 Å². The van der Waals surface area contributed by atoms with Crippen LogP contribution in [0.15, 0.2) is 24.3 Å². The molecule has 0 bridgehead atoms. The largest absolute Gasteiger partial charge is 0.351 e. The second-order valence-electron chi connectivity index (χ2n) is 12.1. The second-order valence-corrected chi connectivity index (χ2v) is 12.5. The van der Waals surface area contributed by atoms with E-state index in [0.717, 1.165) is 37.5 Å². The first-order valence-corrected chi connectivity index (χ1v) is 14.1. The van der Waals surface area contributed by atoms with Gasteiger partial charge in [0.25, 0.3) is 5.91 Å². The Bertz CT molecular complexity index is 1290. The first-order valence-electron chi connectivity index (χ1n) is 13.7. The minimum Gasteiger partial charge on any atom is -0.351 e. The van der Waals surface area contributed by atoms with Gasteiger partial charge in [-0.05, 0) is 69.9 Å². The molecule has 1 spiro atoms. The number of hydrogen-bond acceptors (Lipinski definition) is 4. The molecule has 0 unspecified atom stereocenters. The molecule has 1 saturated carbocycles. The zero-order valence-electron chi connectivity index (χ0n) is 22.1. The third-order valence-corrected chi connectivity index (χ3v) is 9.08. The molecule has 38 heavy (non-hydrogen) atoms. The fourth-order valence-electron chi connectivity index (χ4n) is 6.64. The van der Waals surface area contributed by atoms with Crippen LogP contribution in [0.5, 0.6) is 0 Å². The highest BCUT2D eigenvalue weighted by Crippen LogP contribution is 2.47. The number of aromatic amines is 1. The van der Waals surface area contributed by atoms with Gasteiger partial charge in [0.15, 0.2) is 0 Å². The van der Waals surface area contributed by atoms with E-state index >= 15 is 0 Å². The molecule has 3 atom stereocenters. The van der Waals surface area contributed by atoms with Crippen LogP contribution in [-0.2, 0) is 9.59 Å². The number of rotatable bonds is 5. The van der Waals surface area contributed by atoms with E-state index in [0.29, 0.717) is 35.6 Å². The maximum absolute atomic E-state index is 13.8. The van der Waals surface area contributed by atoms with Crippen LogP contribution in [0.1, 0.15) is 82.1 Å². The highest BCUT2D eigenvalue weighted by molar-refractivity contribution is 6.35. The van der Waals surface area contributed by atoms with Crippen molar-refractivity contribution in [3.05, 3.63) is 35.0 Å². The quantitative estimate of drug-likeness (QED) is 0.512. The molecule has 3 N–H and O–H groups in total. The van der Waals surface area contributed by atoms with Gasteiger partial charge in [-0.3, -0.25) is 14.4 Å². The van der Waals surface area contributed by atoms with Crippen molar-refractivity contribution in [3.63, 3.8) is 0 Å². The summed E-state index contributed by atoms with van der Waals surface area (Å²) in [7, 11) is 0. The Kier molecular flexibility index (Phi) is 7.17. The number of amides is 3. The van der Waals surface area contributed by atoms with Gasteiger partial charge < -0.3 is 20.5 Å². The number of hydrogen-bond donors (Lipinski definition) is 3. The highest BCUT2D eigenvalue weighted by atomic mass is 35.5. The fraction of sp³-hybridized carbons (Fsp3) is 0.586. The molecule has 202 valence electrons. The summed E-state index contributed by atoms with van der Waals surface area (Å²) < 4.78 is 0. The van der Waals surface area contributed by atoms with Crippen LogP contribution in [0.4, 0.5) is 0 Å². The number of carbonyl (C=O) groups excluding carboxylic acids is 3. The number of carbonyl (C=O) groups is 3. The van der Waals surface area contributed by atoms with Crippen molar-refractivity contribution in [1.29, 1.82) is 5.26 Å². The van der Waals surface area contributed by atoms with Gasteiger partial charge in [0, 0.05) is 23.4 Å². The Morgan fingerprint density at radius 2 is 2.00 bits per heavy atom. The number of para-hydroxylation sites is 1. The maximum atomic E-state index is 13.8. The van der Waals surface area contributed by atoms with E-state index in [1.807, 2.05) is 26.0 Å².